The number of aryl methyl sites for hydroxylation is 1. The average molecular weight is 545 g/mol. The summed E-state index contributed by atoms with van der Waals surface area (Å²) in [5.74, 6) is 1.08. The number of halogens is 1. The summed E-state index contributed by atoms with van der Waals surface area (Å²) in [7, 11) is 0. The van der Waals surface area contributed by atoms with Crippen molar-refractivity contribution in [1.82, 2.24) is 14.9 Å². The molecule has 2 aliphatic heterocycles. The van der Waals surface area contributed by atoms with Crippen molar-refractivity contribution in [2.45, 2.75) is 91.5 Å². The van der Waals surface area contributed by atoms with Crippen LogP contribution in [-0.2, 0) is 9.47 Å². The van der Waals surface area contributed by atoms with Crippen LogP contribution in [0.3, 0.4) is 0 Å². The molecular weight excluding hydrogens is 508 g/mol. The van der Waals surface area contributed by atoms with Gasteiger partial charge in [0.25, 0.3) is 0 Å². The van der Waals surface area contributed by atoms with Gasteiger partial charge in [0.1, 0.15) is 34.5 Å². The molecule has 9 nitrogen and oxygen atoms in total. The number of amides is 2. The fourth-order valence-corrected chi connectivity index (χ4v) is 5.08. The van der Waals surface area contributed by atoms with Gasteiger partial charge in [-0.25, -0.2) is 24.5 Å². The van der Waals surface area contributed by atoms with Crippen LogP contribution in [0.5, 0.6) is 5.75 Å². The first-order valence-corrected chi connectivity index (χ1v) is 13.3. The maximum atomic E-state index is 13.6. The highest BCUT2D eigenvalue weighted by Crippen LogP contribution is 2.48. The lowest BCUT2D eigenvalue weighted by atomic mass is 9.88. The number of carbonyl (C=O) groups excluding carboxylic acids is 2. The van der Waals surface area contributed by atoms with Crippen molar-refractivity contribution >= 4 is 35.3 Å². The van der Waals surface area contributed by atoms with E-state index < -0.39 is 23.4 Å². The number of benzene rings is 1. The summed E-state index contributed by atoms with van der Waals surface area (Å²) in [4.78, 5) is 37.9. The lowest BCUT2D eigenvalue weighted by Crippen LogP contribution is -2.41. The topological polar surface area (TPSA) is 94.1 Å². The average Bonchev–Trinajstić information content (AvgIpc) is 2.91. The molecule has 0 bridgehead atoms. The van der Waals surface area contributed by atoms with Crippen molar-refractivity contribution in [3.05, 3.63) is 40.3 Å². The fraction of sp³-hybridized carbons (Fsp3) is 0.571. The first-order valence-electron chi connectivity index (χ1n) is 13.0. The molecule has 2 aliphatic rings. The van der Waals surface area contributed by atoms with E-state index in [1.165, 1.54) is 11.2 Å². The number of nitrogens with zero attached hydrogens (tertiary/aromatic N) is 4. The Hall–Kier alpha value is -3.07. The standard InChI is InChI=1S/C28H37ClN4O5/c1-16-13-19(18-9-11-32(12-10-18)25(34)37-27(3,4)5)14-20-22(16)36-17(2)21-23(29)30-15-31-24(21)33(20)26(35)38-28(6,7)8/h13-15,17-18H,9-12H2,1-8H3. The molecule has 1 saturated heterocycles. The van der Waals surface area contributed by atoms with E-state index in [1.807, 2.05) is 61.5 Å². The van der Waals surface area contributed by atoms with Crippen LogP contribution in [0.4, 0.5) is 21.1 Å². The monoisotopic (exact) mass is 544 g/mol. The van der Waals surface area contributed by atoms with Crippen molar-refractivity contribution in [1.29, 1.82) is 0 Å². The molecule has 1 unspecified atom stereocenters. The van der Waals surface area contributed by atoms with Gasteiger partial charge in [-0.2, -0.15) is 0 Å². The normalized spacial score (nSPS) is 18.2. The Labute approximate surface area is 229 Å². The first-order chi connectivity index (χ1) is 17.6. The predicted molar refractivity (Wildman–Crippen MR) is 145 cm³/mol. The predicted octanol–water partition coefficient (Wildman–Crippen LogP) is 7.08. The number of ether oxygens (including phenoxy) is 3. The van der Waals surface area contributed by atoms with E-state index in [-0.39, 0.29) is 17.2 Å². The second-order valence-electron chi connectivity index (χ2n) is 11.9. The van der Waals surface area contributed by atoms with Crippen molar-refractivity contribution in [2.75, 3.05) is 18.0 Å². The summed E-state index contributed by atoms with van der Waals surface area (Å²) in [6.07, 6.45) is 1.51. The number of hydrogen-bond acceptors (Lipinski definition) is 7. The molecule has 10 heteroatoms. The van der Waals surface area contributed by atoms with Crippen LogP contribution in [-0.4, -0.2) is 51.3 Å². The van der Waals surface area contributed by atoms with Gasteiger partial charge in [-0.1, -0.05) is 17.7 Å². The van der Waals surface area contributed by atoms with Crippen molar-refractivity contribution in [3.8, 4) is 5.75 Å². The minimum atomic E-state index is -0.728. The molecule has 0 radical (unpaired) electrons. The van der Waals surface area contributed by atoms with Crippen LogP contribution in [0.2, 0.25) is 5.15 Å². The van der Waals surface area contributed by atoms with E-state index in [9.17, 15) is 9.59 Å². The number of fused-ring (bicyclic) bond motifs is 2. The Kier molecular flexibility index (Phi) is 7.54. The number of carbonyl (C=O) groups is 2. The summed E-state index contributed by atoms with van der Waals surface area (Å²) in [6, 6.07) is 4.06. The third-order valence-electron chi connectivity index (χ3n) is 6.44. The van der Waals surface area contributed by atoms with Gasteiger partial charge < -0.3 is 19.1 Å². The van der Waals surface area contributed by atoms with E-state index in [0.717, 1.165) is 24.0 Å². The maximum absolute atomic E-state index is 13.6. The number of rotatable bonds is 1. The summed E-state index contributed by atoms with van der Waals surface area (Å²) in [5, 5.41) is 0.219. The molecule has 206 valence electrons. The van der Waals surface area contributed by atoms with E-state index in [0.29, 0.717) is 35.9 Å². The highest BCUT2D eigenvalue weighted by Gasteiger charge is 2.37. The quantitative estimate of drug-likeness (QED) is 0.354. The van der Waals surface area contributed by atoms with Crippen LogP contribution in [0.15, 0.2) is 18.5 Å². The highest BCUT2D eigenvalue weighted by atomic mass is 35.5. The molecule has 0 N–H and O–H groups in total. The molecule has 1 atom stereocenters. The van der Waals surface area contributed by atoms with E-state index in [4.69, 9.17) is 25.8 Å². The van der Waals surface area contributed by atoms with Crippen molar-refractivity contribution < 1.29 is 23.8 Å². The molecule has 3 heterocycles. The molecule has 1 aromatic carbocycles. The lowest BCUT2D eigenvalue weighted by Gasteiger charge is -2.34. The molecule has 2 aromatic rings. The smallest absolute Gasteiger partial charge is 0.420 e. The van der Waals surface area contributed by atoms with Crippen LogP contribution < -0.4 is 9.64 Å². The zero-order valence-electron chi connectivity index (χ0n) is 23.4. The zero-order valence-corrected chi connectivity index (χ0v) is 24.2. The minimum absolute atomic E-state index is 0.187. The molecule has 1 aromatic heterocycles. The lowest BCUT2D eigenvalue weighted by molar-refractivity contribution is 0.0204. The Morgan fingerprint density at radius 2 is 1.61 bits per heavy atom. The maximum Gasteiger partial charge on any atom is 0.420 e. The van der Waals surface area contributed by atoms with E-state index in [1.54, 1.807) is 4.90 Å². The summed E-state index contributed by atoms with van der Waals surface area (Å²) in [6.45, 7) is 16.0. The largest absolute Gasteiger partial charge is 0.483 e. The highest BCUT2D eigenvalue weighted by molar-refractivity contribution is 6.30. The Morgan fingerprint density at radius 1 is 1.00 bits per heavy atom. The minimum Gasteiger partial charge on any atom is -0.483 e. The molecule has 2 amide bonds. The van der Waals surface area contributed by atoms with Gasteiger partial charge in [0.2, 0.25) is 0 Å². The van der Waals surface area contributed by atoms with Crippen molar-refractivity contribution in [3.63, 3.8) is 0 Å². The molecule has 38 heavy (non-hydrogen) atoms. The number of likely N-dealkylation sites (tertiary alicyclic amines) is 1. The van der Waals surface area contributed by atoms with Gasteiger partial charge in [0.05, 0.1) is 11.3 Å². The van der Waals surface area contributed by atoms with E-state index >= 15 is 0 Å². The Balaban J connectivity index is 1.72. The van der Waals surface area contributed by atoms with Gasteiger partial charge in [-0.05, 0) is 91.3 Å². The zero-order chi connectivity index (χ0) is 28.0. The summed E-state index contributed by atoms with van der Waals surface area (Å²) >= 11 is 6.48. The summed E-state index contributed by atoms with van der Waals surface area (Å²) < 4.78 is 17.7. The van der Waals surface area contributed by atoms with Crippen molar-refractivity contribution in [2.24, 2.45) is 0 Å². The third kappa shape index (κ3) is 5.98. The number of piperidine rings is 1. The number of hydrogen-bond donors (Lipinski definition) is 0. The second-order valence-corrected chi connectivity index (χ2v) is 12.3. The Bertz CT molecular complexity index is 1230. The van der Waals surface area contributed by atoms with Gasteiger partial charge in [0.15, 0.2) is 5.82 Å². The SMILES string of the molecule is Cc1cc(C2CCN(C(=O)OC(C)(C)C)CC2)cc2c1OC(C)c1c(Cl)ncnc1N2C(=O)OC(C)(C)C. The molecule has 0 saturated carbocycles. The third-order valence-corrected chi connectivity index (χ3v) is 6.74. The first kappa shape index (κ1) is 28.0. The van der Waals surface area contributed by atoms with Crippen LogP contribution >= 0.6 is 11.6 Å². The molecule has 4 rings (SSSR count). The summed E-state index contributed by atoms with van der Waals surface area (Å²) in [5.41, 5.74) is 1.73. The van der Waals surface area contributed by atoms with Gasteiger partial charge >= 0.3 is 12.2 Å². The molecule has 1 fully saturated rings. The molecular formula is C28H37ClN4O5. The van der Waals surface area contributed by atoms with Gasteiger partial charge in [-0.3, -0.25) is 0 Å². The fourth-order valence-electron chi connectivity index (χ4n) is 4.80. The van der Waals surface area contributed by atoms with Crippen LogP contribution in [0.1, 0.15) is 90.0 Å². The number of aromatic nitrogens is 2. The van der Waals surface area contributed by atoms with E-state index in [2.05, 4.69) is 16.0 Å². The van der Waals surface area contributed by atoms with Gasteiger partial charge in [0, 0.05) is 13.1 Å². The van der Waals surface area contributed by atoms with Gasteiger partial charge in [-0.15, -0.1) is 0 Å². The number of anilines is 2. The Morgan fingerprint density at radius 3 is 2.21 bits per heavy atom. The second kappa shape index (κ2) is 10.2. The molecule has 0 aliphatic carbocycles. The van der Waals surface area contributed by atoms with Crippen LogP contribution in [0.25, 0.3) is 0 Å². The van der Waals surface area contributed by atoms with Crippen LogP contribution in [0, 0.1) is 6.92 Å². The molecule has 0 spiro atoms.